The van der Waals surface area contributed by atoms with E-state index in [1.54, 1.807) is 28.9 Å². The molecule has 3 rings (SSSR count). The molecule has 0 atom stereocenters. The molecule has 0 radical (unpaired) electrons. The van der Waals surface area contributed by atoms with Gasteiger partial charge in [-0.25, -0.2) is 0 Å². The molecule has 0 N–H and O–H groups in total. The number of pyridine rings is 1. The summed E-state index contributed by atoms with van der Waals surface area (Å²) in [5.41, 5.74) is 3.51. The third kappa shape index (κ3) is 5.04. The highest BCUT2D eigenvalue weighted by Crippen LogP contribution is 2.29. The van der Waals surface area contributed by atoms with Crippen molar-refractivity contribution in [3.8, 4) is 0 Å². The van der Waals surface area contributed by atoms with Crippen LogP contribution >= 0.6 is 11.8 Å². The van der Waals surface area contributed by atoms with Crippen LogP contribution in [0.1, 0.15) is 40.1 Å². The molecule has 0 aliphatic rings. The smallest absolute Gasteiger partial charge is 0.289 e. The number of thioether (sulfide) groups is 1. The molecule has 146 valence electrons. The zero-order valence-corrected chi connectivity index (χ0v) is 17.5. The second-order valence-electron chi connectivity index (χ2n) is 6.73. The number of amides is 1. The summed E-state index contributed by atoms with van der Waals surface area (Å²) >= 11 is 1.75. The minimum atomic E-state index is -0.0678. The molecule has 1 amide bonds. The van der Waals surface area contributed by atoms with Crippen molar-refractivity contribution < 1.29 is 9.21 Å². The number of aromatic nitrogens is 1. The number of rotatable bonds is 8. The fourth-order valence-electron chi connectivity index (χ4n) is 3.10. The zero-order valence-electron chi connectivity index (χ0n) is 16.6. The molecule has 0 saturated carbocycles. The molecule has 2 heterocycles. The lowest BCUT2D eigenvalue weighted by Gasteiger charge is -2.19. The molecule has 2 aromatic heterocycles. The summed E-state index contributed by atoms with van der Waals surface area (Å²) in [6.07, 6.45) is 2.51. The first kappa shape index (κ1) is 20.2. The van der Waals surface area contributed by atoms with Crippen LogP contribution in [0.2, 0.25) is 0 Å². The van der Waals surface area contributed by atoms with E-state index in [9.17, 15) is 4.79 Å². The molecule has 0 spiro atoms. The summed E-state index contributed by atoms with van der Waals surface area (Å²) in [4.78, 5) is 20.2. The summed E-state index contributed by atoms with van der Waals surface area (Å²) < 4.78 is 5.85. The molecule has 28 heavy (non-hydrogen) atoms. The van der Waals surface area contributed by atoms with Gasteiger partial charge < -0.3 is 9.32 Å². The van der Waals surface area contributed by atoms with Gasteiger partial charge in [-0.2, -0.15) is 0 Å². The molecule has 4 nitrogen and oxygen atoms in total. The maximum Gasteiger partial charge on any atom is 0.289 e. The second-order valence-corrected chi connectivity index (χ2v) is 7.72. The maximum absolute atomic E-state index is 12.8. The van der Waals surface area contributed by atoms with Gasteiger partial charge in [0.1, 0.15) is 5.76 Å². The monoisotopic (exact) mass is 394 g/mol. The van der Waals surface area contributed by atoms with Gasteiger partial charge in [-0.3, -0.25) is 9.78 Å². The van der Waals surface area contributed by atoms with Crippen molar-refractivity contribution in [1.82, 2.24) is 9.88 Å². The third-order valence-corrected chi connectivity index (χ3v) is 6.03. The van der Waals surface area contributed by atoms with Crippen LogP contribution in [0.5, 0.6) is 0 Å². The Morgan fingerprint density at radius 1 is 1.07 bits per heavy atom. The quantitative estimate of drug-likeness (QED) is 0.487. The van der Waals surface area contributed by atoms with Crippen LogP contribution in [0.4, 0.5) is 0 Å². The van der Waals surface area contributed by atoms with Crippen LogP contribution in [-0.2, 0) is 12.2 Å². The Balaban J connectivity index is 1.60. The Morgan fingerprint density at radius 3 is 2.54 bits per heavy atom. The van der Waals surface area contributed by atoms with E-state index in [2.05, 4.69) is 37.0 Å². The Bertz CT molecular complexity index is 901. The van der Waals surface area contributed by atoms with E-state index in [0.29, 0.717) is 24.6 Å². The number of carbonyl (C=O) groups excluding carboxylic acids is 1. The lowest BCUT2D eigenvalue weighted by atomic mass is 10.2. The molecule has 0 fully saturated rings. The number of hydrogen-bond acceptors (Lipinski definition) is 4. The molecule has 0 saturated heterocycles. The van der Waals surface area contributed by atoms with E-state index in [1.807, 2.05) is 31.2 Å². The number of carbonyl (C=O) groups is 1. The van der Waals surface area contributed by atoms with Gasteiger partial charge in [0.05, 0.1) is 5.75 Å². The molecule has 0 unspecified atom stereocenters. The van der Waals surface area contributed by atoms with Gasteiger partial charge in [-0.05, 0) is 56.2 Å². The lowest BCUT2D eigenvalue weighted by Crippen LogP contribution is -2.32. The average molecular weight is 395 g/mol. The molecule has 0 bridgehead atoms. The number of benzene rings is 1. The standard InChI is InChI=1S/C23H26N2O2S/c1-4-25(15-13-19-10-5-6-14-24-19)23(26)21-12-11-20(27-21)16-28-22-17(2)8-7-9-18(22)3/h5-12,14H,4,13,15-16H2,1-3H3. The fraction of sp³-hybridized carbons (Fsp3) is 0.304. The highest BCUT2D eigenvalue weighted by molar-refractivity contribution is 7.98. The van der Waals surface area contributed by atoms with Crippen LogP contribution in [0.15, 0.2) is 64.0 Å². The second kappa shape index (κ2) is 9.60. The minimum absolute atomic E-state index is 0.0678. The van der Waals surface area contributed by atoms with Crippen molar-refractivity contribution in [2.24, 2.45) is 0 Å². The van der Waals surface area contributed by atoms with Crippen molar-refractivity contribution in [3.63, 3.8) is 0 Å². The van der Waals surface area contributed by atoms with E-state index < -0.39 is 0 Å². The number of hydrogen-bond donors (Lipinski definition) is 0. The van der Waals surface area contributed by atoms with Gasteiger partial charge in [0.15, 0.2) is 5.76 Å². The van der Waals surface area contributed by atoms with Crippen LogP contribution in [0, 0.1) is 13.8 Å². The normalized spacial score (nSPS) is 10.8. The molecule has 5 heteroatoms. The summed E-state index contributed by atoms with van der Waals surface area (Å²) in [7, 11) is 0. The zero-order chi connectivity index (χ0) is 19.9. The largest absolute Gasteiger partial charge is 0.455 e. The van der Waals surface area contributed by atoms with Crippen LogP contribution in [-0.4, -0.2) is 28.9 Å². The van der Waals surface area contributed by atoms with Crippen LogP contribution in [0.25, 0.3) is 0 Å². The van der Waals surface area contributed by atoms with Crippen molar-refractivity contribution in [3.05, 3.63) is 83.1 Å². The Labute approximate surface area is 171 Å². The summed E-state index contributed by atoms with van der Waals surface area (Å²) in [5, 5.41) is 0. The van der Waals surface area contributed by atoms with Gasteiger partial charge in [0.25, 0.3) is 5.91 Å². The van der Waals surface area contributed by atoms with E-state index in [-0.39, 0.29) is 5.91 Å². The van der Waals surface area contributed by atoms with Crippen LogP contribution in [0.3, 0.4) is 0 Å². The Morgan fingerprint density at radius 2 is 1.86 bits per heavy atom. The summed E-state index contributed by atoms with van der Waals surface area (Å²) in [6.45, 7) is 7.48. The molecule has 0 aliphatic carbocycles. The first-order valence-corrected chi connectivity index (χ1v) is 10.5. The van der Waals surface area contributed by atoms with Crippen molar-refractivity contribution in [2.75, 3.05) is 13.1 Å². The Hall–Kier alpha value is -2.53. The number of furan rings is 1. The minimum Gasteiger partial charge on any atom is -0.455 e. The van der Waals surface area contributed by atoms with Gasteiger partial charge >= 0.3 is 0 Å². The molecular weight excluding hydrogens is 368 g/mol. The molecule has 1 aromatic carbocycles. The first-order valence-electron chi connectivity index (χ1n) is 9.55. The van der Waals surface area contributed by atoms with E-state index >= 15 is 0 Å². The SMILES string of the molecule is CCN(CCc1ccccn1)C(=O)c1ccc(CSc2c(C)cccc2C)o1. The summed E-state index contributed by atoms with van der Waals surface area (Å²) in [6, 6.07) is 15.8. The molecule has 3 aromatic rings. The fourth-order valence-corrected chi connectivity index (χ4v) is 4.13. The van der Waals surface area contributed by atoms with Crippen molar-refractivity contribution in [1.29, 1.82) is 0 Å². The lowest BCUT2D eigenvalue weighted by molar-refractivity contribution is 0.0732. The number of likely N-dealkylation sites (N-methyl/N-ethyl adjacent to an activating group) is 1. The summed E-state index contributed by atoms with van der Waals surface area (Å²) in [5.74, 6) is 1.86. The van der Waals surface area contributed by atoms with Crippen molar-refractivity contribution >= 4 is 17.7 Å². The predicted octanol–water partition coefficient (Wildman–Crippen LogP) is 5.29. The number of nitrogens with zero attached hydrogens (tertiary/aromatic N) is 2. The van der Waals surface area contributed by atoms with E-state index in [4.69, 9.17) is 4.42 Å². The highest BCUT2D eigenvalue weighted by atomic mass is 32.2. The third-order valence-electron chi connectivity index (χ3n) is 4.67. The van der Waals surface area contributed by atoms with E-state index in [0.717, 1.165) is 17.9 Å². The number of aryl methyl sites for hydroxylation is 2. The van der Waals surface area contributed by atoms with Gasteiger partial charge in [0.2, 0.25) is 0 Å². The van der Waals surface area contributed by atoms with Crippen LogP contribution < -0.4 is 0 Å². The first-order chi connectivity index (χ1) is 13.6. The molecular formula is C23H26N2O2S. The average Bonchev–Trinajstić information content (AvgIpc) is 3.18. The topological polar surface area (TPSA) is 46.3 Å². The molecule has 0 aliphatic heterocycles. The van der Waals surface area contributed by atoms with Gasteiger partial charge in [0, 0.05) is 36.3 Å². The van der Waals surface area contributed by atoms with E-state index in [1.165, 1.54) is 16.0 Å². The Kier molecular flexibility index (Phi) is 6.93. The van der Waals surface area contributed by atoms with Crippen molar-refractivity contribution in [2.45, 2.75) is 37.8 Å². The highest BCUT2D eigenvalue weighted by Gasteiger charge is 2.18. The van der Waals surface area contributed by atoms with Gasteiger partial charge in [-0.15, -0.1) is 11.8 Å². The predicted molar refractivity (Wildman–Crippen MR) is 114 cm³/mol. The maximum atomic E-state index is 12.8. The van der Waals surface area contributed by atoms with Gasteiger partial charge in [-0.1, -0.05) is 24.3 Å².